The van der Waals surface area contributed by atoms with Gasteiger partial charge in [-0.15, -0.1) is 11.8 Å². The molecule has 1 amide bonds. The van der Waals surface area contributed by atoms with Crippen LogP contribution in [0.15, 0.2) is 29.2 Å². The van der Waals surface area contributed by atoms with Gasteiger partial charge in [0.05, 0.1) is 5.92 Å². The molecule has 0 unspecified atom stereocenters. The van der Waals surface area contributed by atoms with Crippen molar-refractivity contribution in [3.05, 3.63) is 29.8 Å². The third kappa shape index (κ3) is 7.57. The molecular weight excluding hydrogens is 386 g/mol. The first-order valence-electron chi connectivity index (χ1n) is 10.2. The predicted octanol–water partition coefficient (Wildman–Crippen LogP) is 5.17. The Bertz CT molecular complexity index is 720. The van der Waals surface area contributed by atoms with E-state index >= 15 is 0 Å². The number of carbonyl (C=O) groups is 2. The van der Waals surface area contributed by atoms with Crippen LogP contribution < -0.4 is 0 Å². The normalized spacial score (nSPS) is 18.4. The van der Waals surface area contributed by atoms with Crippen LogP contribution in [0.1, 0.15) is 53.5 Å². The van der Waals surface area contributed by atoms with E-state index in [2.05, 4.69) is 18.2 Å². The maximum atomic E-state index is 13.0. The molecule has 0 aliphatic carbocycles. The van der Waals surface area contributed by atoms with Crippen LogP contribution in [0.4, 0.5) is 4.79 Å². The van der Waals surface area contributed by atoms with Gasteiger partial charge in [-0.25, -0.2) is 4.79 Å². The lowest BCUT2D eigenvalue weighted by Gasteiger charge is -2.28. The van der Waals surface area contributed by atoms with Gasteiger partial charge >= 0.3 is 12.1 Å². The zero-order valence-electron chi connectivity index (χ0n) is 18.8. The van der Waals surface area contributed by atoms with Gasteiger partial charge in [0.15, 0.2) is 0 Å². The van der Waals surface area contributed by atoms with E-state index in [-0.39, 0.29) is 23.9 Å². The first-order chi connectivity index (χ1) is 13.4. The minimum Gasteiger partial charge on any atom is -0.460 e. The zero-order chi connectivity index (χ0) is 21.8. The van der Waals surface area contributed by atoms with Gasteiger partial charge in [-0.1, -0.05) is 12.1 Å². The van der Waals surface area contributed by atoms with E-state index < -0.39 is 11.2 Å². The minimum absolute atomic E-state index is 0.0512. The van der Waals surface area contributed by atoms with Crippen LogP contribution in [0.5, 0.6) is 0 Å². The van der Waals surface area contributed by atoms with Crippen LogP contribution in [0.2, 0.25) is 0 Å². The number of benzene rings is 1. The Labute approximate surface area is 179 Å². The lowest BCUT2D eigenvalue weighted by Crippen LogP contribution is -2.38. The van der Waals surface area contributed by atoms with Crippen molar-refractivity contribution >= 4 is 23.8 Å². The summed E-state index contributed by atoms with van der Waals surface area (Å²) in [4.78, 5) is 28.4. The van der Waals surface area contributed by atoms with Crippen molar-refractivity contribution in [3.63, 3.8) is 0 Å². The van der Waals surface area contributed by atoms with Gasteiger partial charge in [0.2, 0.25) is 0 Å². The number of likely N-dealkylation sites (tertiary alicyclic amines) is 1. The van der Waals surface area contributed by atoms with Gasteiger partial charge in [-0.05, 0) is 84.3 Å². The molecule has 0 spiro atoms. The van der Waals surface area contributed by atoms with E-state index in [1.807, 2.05) is 53.9 Å². The molecule has 0 radical (unpaired) electrons. The number of thioether (sulfide) groups is 1. The number of esters is 1. The maximum absolute atomic E-state index is 13.0. The van der Waals surface area contributed by atoms with Crippen molar-refractivity contribution in [1.29, 1.82) is 0 Å². The van der Waals surface area contributed by atoms with Gasteiger partial charge in [-0.3, -0.25) is 4.79 Å². The minimum atomic E-state index is -0.542. The molecule has 0 aromatic heterocycles. The van der Waals surface area contributed by atoms with Crippen molar-refractivity contribution in [2.24, 2.45) is 11.8 Å². The molecule has 1 aromatic carbocycles. The van der Waals surface area contributed by atoms with Crippen molar-refractivity contribution in [1.82, 2.24) is 4.90 Å². The highest BCUT2D eigenvalue weighted by Crippen LogP contribution is 2.31. The molecule has 1 aliphatic rings. The van der Waals surface area contributed by atoms with Crippen LogP contribution in [0.3, 0.4) is 0 Å². The molecule has 2 rings (SSSR count). The van der Waals surface area contributed by atoms with Crippen molar-refractivity contribution in [2.75, 3.05) is 19.3 Å². The molecule has 5 nitrogen and oxygen atoms in total. The van der Waals surface area contributed by atoms with E-state index in [0.717, 1.165) is 12.0 Å². The van der Waals surface area contributed by atoms with E-state index in [9.17, 15) is 9.59 Å². The van der Waals surface area contributed by atoms with E-state index in [4.69, 9.17) is 9.47 Å². The van der Waals surface area contributed by atoms with Crippen molar-refractivity contribution in [2.45, 2.75) is 70.5 Å². The summed E-state index contributed by atoms with van der Waals surface area (Å²) in [6, 6.07) is 8.27. The summed E-state index contributed by atoms with van der Waals surface area (Å²) in [5.41, 5.74) is 0.0428. The second-order valence-corrected chi connectivity index (χ2v) is 10.6. The van der Waals surface area contributed by atoms with Crippen LogP contribution >= 0.6 is 11.8 Å². The van der Waals surface area contributed by atoms with Crippen LogP contribution in [-0.4, -0.2) is 47.5 Å². The topological polar surface area (TPSA) is 55.8 Å². The monoisotopic (exact) mass is 421 g/mol. The van der Waals surface area contributed by atoms with Gasteiger partial charge in [0, 0.05) is 18.0 Å². The second-order valence-electron chi connectivity index (χ2n) is 9.67. The Kier molecular flexibility index (Phi) is 7.66. The smallest absolute Gasteiger partial charge is 0.410 e. The molecule has 1 heterocycles. The Hall–Kier alpha value is -1.69. The molecule has 1 aliphatic heterocycles. The highest BCUT2D eigenvalue weighted by molar-refractivity contribution is 7.98. The molecule has 0 bridgehead atoms. The van der Waals surface area contributed by atoms with Gasteiger partial charge in [0.1, 0.15) is 11.2 Å². The highest BCUT2D eigenvalue weighted by Gasteiger charge is 2.39. The van der Waals surface area contributed by atoms with E-state index in [1.54, 1.807) is 16.7 Å². The SMILES string of the molecule is CSc1cccc(C[C@H](C(=O)OC(C)(C)C)[C@H]2CCN(C(=O)OC(C)(C)C)C2)c1. The summed E-state index contributed by atoms with van der Waals surface area (Å²) < 4.78 is 11.2. The fraction of sp³-hybridized carbons (Fsp3) is 0.652. The number of nitrogens with zero attached hydrogens (tertiary/aromatic N) is 1. The average molecular weight is 422 g/mol. The Morgan fingerprint density at radius 1 is 1.14 bits per heavy atom. The number of hydrogen-bond donors (Lipinski definition) is 0. The quantitative estimate of drug-likeness (QED) is 0.485. The summed E-state index contributed by atoms with van der Waals surface area (Å²) in [5, 5.41) is 0. The number of carbonyl (C=O) groups excluding carboxylic acids is 2. The third-order valence-corrected chi connectivity index (χ3v) is 5.47. The first-order valence-corrected chi connectivity index (χ1v) is 11.4. The Balaban J connectivity index is 2.17. The van der Waals surface area contributed by atoms with Gasteiger partial charge < -0.3 is 14.4 Å². The maximum Gasteiger partial charge on any atom is 0.410 e. The molecule has 162 valence electrons. The standard InChI is InChI=1S/C23H35NO4S/c1-22(2,3)27-20(25)19(14-16-9-8-10-18(13-16)29-7)17-11-12-24(15-17)21(26)28-23(4,5)6/h8-10,13,17,19H,11-12,14-15H2,1-7H3/t17-,19-/m0/s1. The van der Waals surface area contributed by atoms with Crippen molar-refractivity contribution < 1.29 is 19.1 Å². The fourth-order valence-corrected chi connectivity index (χ4v) is 3.97. The molecule has 6 heteroatoms. The molecule has 1 saturated heterocycles. The van der Waals surface area contributed by atoms with Crippen molar-refractivity contribution in [3.8, 4) is 0 Å². The van der Waals surface area contributed by atoms with Gasteiger partial charge in [0.25, 0.3) is 0 Å². The Morgan fingerprint density at radius 3 is 2.38 bits per heavy atom. The zero-order valence-corrected chi connectivity index (χ0v) is 19.6. The summed E-state index contributed by atoms with van der Waals surface area (Å²) in [7, 11) is 0. The van der Waals surface area contributed by atoms with Gasteiger partial charge in [-0.2, -0.15) is 0 Å². The lowest BCUT2D eigenvalue weighted by molar-refractivity contribution is -0.161. The molecular formula is C23H35NO4S. The highest BCUT2D eigenvalue weighted by atomic mass is 32.2. The third-order valence-electron chi connectivity index (χ3n) is 4.74. The molecule has 1 aromatic rings. The fourth-order valence-electron chi connectivity index (χ4n) is 3.48. The number of rotatable bonds is 5. The summed E-state index contributed by atoms with van der Waals surface area (Å²) in [6.45, 7) is 12.4. The van der Waals surface area contributed by atoms with E-state index in [1.165, 1.54) is 4.90 Å². The summed E-state index contributed by atoms with van der Waals surface area (Å²) in [5.74, 6) is -0.433. The van der Waals surface area contributed by atoms with Crippen LogP contribution in [-0.2, 0) is 20.7 Å². The second kappa shape index (κ2) is 9.41. The van der Waals surface area contributed by atoms with E-state index in [0.29, 0.717) is 19.5 Å². The first kappa shape index (κ1) is 23.6. The molecule has 29 heavy (non-hydrogen) atoms. The number of amides is 1. The number of ether oxygens (including phenoxy) is 2. The molecule has 2 atom stereocenters. The molecule has 0 N–H and O–H groups in total. The summed E-state index contributed by atoms with van der Waals surface area (Å²) in [6.07, 6.45) is 3.11. The van der Waals surface area contributed by atoms with Crippen LogP contribution in [0.25, 0.3) is 0 Å². The molecule has 0 saturated carbocycles. The summed E-state index contributed by atoms with van der Waals surface area (Å²) >= 11 is 1.68. The lowest BCUT2D eigenvalue weighted by atomic mass is 9.86. The van der Waals surface area contributed by atoms with Crippen LogP contribution in [0, 0.1) is 11.8 Å². The Morgan fingerprint density at radius 2 is 1.79 bits per heavy atom. The number of hydrogen-bond acceptors (Lipinski definition) is 5. The largest absolute Gasteiger partial charge is 0.460 e. The molecule has 1 fully saturated rings. The average Bonchev–Trinajstić information content (AvgIpc) is 3.06. The predicted molar refractivity (Wildman–Crippen MR) is 117 cm³/mol.